The topological polar surface area (TPSA) is 30.9 Å². The summed E-state index contributed by atoms with van der Waals surface area (Å²) in [6.07, 6.45) is 4.40. The van der Waals surface area contributed by atoms with Crippen LogP contribution in [0.4, 0.5) is 5.69 Å². The molecular weight excluding hydrogens is 458 g/mol. The molecule has 0 spiro atoms. The Hall–Kier alpha value is -3.92. The van der Waals surface area contributed by atoms with Crippen LogP contribution >= 0.6 is 0 Å². The molecule has 4 nitrogen and oxygen atoms in total. The van der Waals surface area contributed by atoms with Gasteiger partial charge in [-0.25, -0.2) is 0 Å². The third-order valence-electron chi connectivity index (χ3n) is 7.50. The van der Waals surface area contributed by atoms with Crippen molar-refractivity contribution in [2.24, 2.45) is 0 Å². The Morgan fingerprint density at radius 2 is 1.43 bits per heavy atom. The number of nitrogens with zero attached hydrogens (tertiary/aromatic N) is 1. The number of methoxy groups -OCH3 is 2. The summed E-state index contributed by atoms with van der Waals surface area (Å²) < 4.78 is 18.5. The summed E-state index contributed by atoms with van der Waals surface area (Å²) in [7, 11) is 3.37. The summed E-state index contributed by atoms with van der Waals surface area (Å²) in [5.74, 6) is 2.34. The zero-order valence-corrected chi connectivity index (χ0v) is 22.6. The summed E-state index contributed by atoms with van der Waals surface area (Å²) in [6.45, 7) is 10.5. The zero-order chi connectivity index (χ0) is 26.2. The molecule has 0 radical (unpaired) electrons. The van der Waals surface area contributed by atoms with Gasteiger partial charge in [-0.3, -0.25) is 0 Å². The second-order valence-corrected chi connectivity index (χ2v) is 9.62. The number of ether oxygens (including phenoxy) is 3. The largest absolute Gasteiger partial charge is 0.497 e. The molecular formula is C33H35NO3. The standard InChI is InChI=1S/C33H35NO3/c1-7-34(8-2)26-15-13-25(14-16-26)33(24-11-9-22(3)10-12-24)18-17-28-23(4)19-29-30(32(28)37-33)20-27(35-5)21-31(29)36-6/h9-21H,7-8H2,1-6H3. The minimum Gasteiger partial charge on any atom is -0.497 e. The van der Waals surface area contributed by atoms with E-state index < -0.39 is 5.60 Å². The number of hydrogen-bond donors (Lipinski definition) is 0. The van der Waals surface area contributed by atoms with Crippen LogP contribution < -0.4 is 19.1 Å². The maximum absolute atomic E-state index is 7.17. The van der Waals surface area contributed by atoms with Crippen molar-refractivity contribution in [3.8, 4) is 17.2 Å². The Morgan fingerprint density at radius 3 is 2.03 bits per heavy atom. The van der Waals surface area contributed by atoms with E-state index in [9.17, 15) is 0 Å². The summed E-state index contributed by atoms with van der Waals surface area (Å²) in [5, 5.41) is 1.97. The molecule has 0 amide bonds. The van der Waals surface area contributed by atoms with Crippen LogP contribution in [0.5, 0.6) is 17.2 Å². The van der Waals surface area contributed by atoms with Crippen molar-refractivity contribution < 1.29 is 14.2 Å². The van der Waals surface area contributed by atoms with Gasteiger partial charge in [-0.2, -0.15) is 0 Å². The van der Waals surface area contributed by atoms with Gasteiger partial charge in [-0.15, -0.1) is 0 Å². The van der Waals surface area contributed by atoms with Crippen LogP contribution in [-0.2, 0) is 5.60 Å². The normalized spacial score (nSPS) is 16.3. The maximum Gasteiger partial charge on any atom is 0.178 e. The lowest BCUT2D eigenvalue weighted by Crippen LogP contribution is -2.34. The summed E-state index contributed by atoms with van der Waals surface area (Å²) in [6, 6.07) is 23.6. The molecule has 1 atom stereocenters. The quantitative estimate of drug-likeness (QED) is 0.264. The molecule has 0 aromatic heterocycles. The Labute approximate surface area is 220 Å². The molecule has 4 aromatic carbocycles. The van der Waals surface area contributed by atoms with Gasteiger partial charge in [0.25, 0.3) is 0 Å². The van der Waals surface area contributed by atoms with Crippen LogP contribution in [-0.4, -0.2) is 27.3 Å². The fraction of sp³-hybridized carbons (Fsp3) is 0.273. The van der Waals surface area contributed by atoms with Crippen LogP contribution in [0.15, 0.2) is 72.8 Å². The molecule has 0 bridgehead atoms. The Balaban J connectivity index is 1.74. The smallest absolute Gasteiger partial charge is 0.178 e. The van der Waals surface area contributed by atoms with Crippen molar-refractivity contribution in [3.05, 3.63) is 101 Å². The summed E-state index contributed by atoms with van der Waals surface area (Å²) >= 11 is 0. The van der Waals surface area contributed by atoms with E-state index in [1.807, 2.05) is 12.1 Å². The molecule has 0 fully saturated rings. The monoisotopic (exact) mass is 493 g/mol. The van der Waals surface area contributed by atoms with Crippen molar-refractivity contribution >= 4 is 22.5 Å². The number of rotatable bonds is 7. The molecule has 0 saturated carbocycles. The molecule has 5 rings (SSSR count). The Kier molecular flexibility index (Phi) is 6.59. The minimum absolute atomic E-state index is 0.734. The Morgan fingerprint density at radius 1 is 0.784 bits per heavy atom. The molecule has 0 saturated heterocycles. The zero-order valence-electron chi connectivity index (χ0n) is 22.6. The minimum atomic E-state index is -0.778. The van der Waals surface area contributed by atoms with E-state index in [2.05, 4.69) is 99.3 Å². The highest BCUT2D eigenvalue weighted by molar-refractivity contribution is 5.98. The number of anilines is 1. The average Bonchev–Trinajstić information content (AvgIpc) is 2.94. The molecule has 190 valence electrons. The first-order valence-corrected chi connectivity index (χ1v) is 12.9. The number of hydrogen-bond acceptors (Lipinski definition) is 4. The molecule has 37 heavy (non-hydrogen) atoms. The lowest BCUT2D eigenvalue weighted by molar-refractivity contribution is 0.163. The van der Waals surface area contributed by atoms with E-state index in [1.165, 1.54) is 11.3 Å². The van der Waals surface area contributed by atoms with E-state index in [0.717, 1.165) is 63.4 Å². The van der Waals surface area contributed by atoms with Gasteiger partial charge in [0, 0.05) is 52.3 Å². The van der Waals surface area contributed by atoms with Gasteiger partial charge >= 0.3 is 0 Å². The van der Waals surface area contributed by atoms with Crippen molar-refractivity contribution in [1.82, 2.24) is 0 Å². The predicted molar refractivity (Wildman–Crippen MR) is 153 cm³/mol. The molecule has 1 aliphatic rings. The van der Waals surface area contributed by atoms with E-state index in [0.29, 0.717) is 0 Å². The highest BCUT2D eigenvalue weighted by atomic mass is 16.5. The molecule has 0 aliphatic carbocycles. The SMILES string of the molecule is CCN(CC)c1ccc(C2(c3ccc(C)cc3)C=Cc3c(C)cc4c(OC)cc(OC)cc4c3O2)cc1. The predicted octanol–water partition coefficient (Wildman–Crippen LogP) is 7.67. The molecule has 1 aliphatic heterocycles. The van der Waals surface area contributed by atoms with Gasteiger partial charge in [-0.1, -0.05) is 48.0 Å². The van der Waals surface area contributed by atoms with Crippen LogP contribution in [0.25, 0.3) is 16.8 Å². The maximum atomic E-state index is 7.17. The first kappa shape index (κ1) is 24.8. The van der Waals surface area contributed by atoms with Crippen LogP contribution in [0.3, 0.4) is 0 Å². The molecule has 0 N–H and O–H groups in total. The molecule has 4 heteroatoms. The number of fused-ring (bicyclic) bond motifs is 3. The van der Waals surface area contributed by atoms with E-state index >= 15 is 0 Å². The molecule has 1 heterocycles. The Bertz CT molecular complexity index is 1450. The first-order chi connectivity index (χ1) is 17.9. The van der Waals surface area contributed by atoms with Crippen molar-refractivity contribution in [2.75, 3.05) is 32.2 Å². The van der Waals surface area contributed by atoms with Crippen molar-refractivity contribution in [2.45, 2.75) is 33.3 Å². The number of benzene rings is 4. The van der Waals surface area contributed by atoms with Gasteiger partial charge in [0.15, 0.2) is 5.60 Å². The van der Waals surface area contributed by atoms with Gasteiger partial charge in [0.2, 0.25) is 0 Å². The summed E-state index contributed by atoms with van der Waals surface area (Å²) in [5.41, 5.74) is 6.02. The second-order valence-electron chi connectivity index (χ2n) is 9.62. The fourth-order valence-corrected chi connectivity index (χ4v) is 5.34. The van der Waals surface area contributed by atoms with E-state index in [-0.39, 0.29) is 0 Å². The van der Waals surface area contributed by atoms with Gasteiger partial charge in [-0.05, 0) is 63.6 Å². The second kappa shape index (κ2) is 9.85. The van der Waals surface area contributed by atoms with Crippen LogP contribution in [0.1, 0.15) is 41.7 Å². The highest BCUT2D eigenvalue weighted by Gasteiger charge is 2.38. The first-order valence-electron chi connectivity index (χ1n) is 12.9. The average molecular weight is 494 g/mol. The third-order valence-corrected chi connectivity index (χ3v) is 7.50. The van der Waals surface area contributed by atoms with Crippen LogP contribution in [0.2, 0.25) is 0 Å². The van der Waals surface area contributed by atoms with E-state index in [1.54, 1.807) is 14.2 Å². The third kappa shape index (κ3) is 4.21. The van der Waals surface area contributed by atoms with E-state index in [4.69, 9.17) is 14.2 Å². The van der Waals surface area contributed by atoms with Gasteiger partial charge in [0.1, 0.15) is 17.2 Å². The van der Waals surface area contributed by atoms with Crippen molar-refractivity contribution in [1.29, 1.82) is 0 Å². The highest BCUT2D eigenvalue weighted by Crippen LogP contribution is 2.48. The summed E-state index contributed by atoms with van der Waals surface area (Å²) in [4.78, 5) is 2.35. The van der Waals surface area contributed by atoms with Crippen LogP contribution in [0, 0.1) is 13.8 Å². The fourth-order valence-electron chi connectivity index (χ4n) is 5.34. The lowest BCUT2D eigenvalue weighted by atomic mass is 9.82. The lowest BCUT2D eigenvalue weighted by Gasteiger charge is -2.37. The number of aryl methyl sites for hydroxylation is 2. The molecule has 1 unspecified atom stereocenters. The van der Waals surface area contributed by atoms with Crippen molar-refractivity contribution in [3.63, 3.8) is 0 Å². The van der Waals surface area contributed by atoms with Gasteiger partial charge in [0.05, 0.1) is 14.2 Å². The van der Waals surface area contributed by atoms with Gasteiger partial charge < -0.3 is 19.1 Å². The molecule has 4 aromatic rings.